The van der Waals surface area contributed by atoms with Gasteiger partial charge in [-0.15, -0.1) is 11.8 Å². The predicted octanol–water partition coefficient (Wildman–Crippen LogP) is 4.52. The van der Waals surface area contributed by atoms with Crippen molar-refractivity contribution in [1.29, 1.82) is 0 Å². The first-order chi connectivity index (χ1) is 9.63. The van der Waals surface area contributed by atoms with E-state index < -0.39 is 0 Å². The fourth-order valence-electron chi connectivity index (χ4n) is 1.79. The van der Waals surface area contributed by atoms with Crippen LogP contribution in [0.3, 0.4) is 0 Å². The van der Waals surface area contributed by atoms with E-state index in [1.165, 1.54) is 11.1 Å². The first kappa shape index (κ1) is 14.9. The minimum Gasteiger partial charge on any atom is -0.325 e. The van der Waals surface area contributed by atoms with Crippen LogP contribution in [0.2, 0.25) is 5.02 Å². The average molecular weight is 306 g/mol. The molecule has 2 nitrogen and oxygen atoms in total. The van der Waals surface area contributed by atoms with Gasteiger partial charge in [0, 0.05) is 16.5 Å². The Kier molecular flexibility index (Phi) is 5.50. The lowest BCUT2D eigenvalue weighted by Crippen LogP contribution is -2.14. The van der Waals surface area contributed by atoms with E-state index in [0.29, 0.717) is 10.8 Å². The summed E-state index contributed by atoms with van der Waals surface area (Å²) in [5.41, 5.74) is 3.26. The Morgan fingerprint density at radius 1 is 1.20 bits per heavy atom. The number of hydrogen-bond donors (Lipinski definition) is 1. The highest BCUT2D eigenvalue weighted by Crippen LogP contribution is 2.16. The molecule has 104 valence electrons. The lowest BCUT2D eigenvalue weighted by molar-refractivity contribution is -0.113. The Morgan fingerprint density at radius 2 is 1.95 bits per heavy atom. The molecule has 1 N–H and O–H groups in total. The quantitative estimate of drug-likeness (QED) is 0.880. The molecule has 0 radical (unpaired) electrons. The van der Waals surface area contributed by atoms with Crippen LogP contribution >= 0.6 is 23.4 Å². The summed E-state index contributed by atoms with van der Waals surface area (Å²) in [5, 5.41) is 3.51. The third-order valence-corrected chi connectivity index (χ3v) is 3.97. The molecule has 0 aliphatic rings. The van der Waals surface area contributed by atoms with E-state index in [-0.39, 0.29) is 5.91 Å². The minimum absolute atomic E-state index is 0.00461. The topological polar surface area (TPSA) is 29.1 Å². The molecule has 0 spiro atoms. The number of carbonyl (C=O) groups excluding carboxylic acids is 1. The zero-order valence-corrected chi connectivity index (χ0v) is 12.8. The van der Waals surface area contributed by atoms with Gasteiger partial charge in [-0.1, -0.05) is 41.4 Å². The molecule has 0 fully saturated rings. The Hall–Kier alpha value is -1.45. The summed E-state index contributed by atoms with van der Waals surface area (Å²) >= 11 is 7.40. The number of rotatable bonds is 5. The molecule has 2 rings (SSSR count). The standard InChI is InChI=1S/C16H16ClNOS/c1-12-3-2-4-13(9-12)10-20-11-16(19)18-15-7-5-14(17)6-8-15/h2-9H,10-11H2,1H3,(H,18,19). The summed E-state index contributed by atoms with van der Waals surface area (Å²) in [6.45, 7) is 2.07. The average Bonchev–Trinajstić information content (AvgIpc) is 2.41. The maximum Gasteiger partial charge on any atom is 0.234 e. The number of thioether (sulfide) groups is 1. The monoisotopic (exact) mass is 305 g/mol. The van der Waals surface area contributed by atoms with Gasteiger partial charge in [-0.2, -0.15) is 0 Å². The van der Waals surface area contributed by atoms with Crippen LogP contribution in [0.25, 0.3) is 0 Å². The van der Waals surface area contributed by atoms with Gasteiger partial charge in [-0.3, -0.25) is 4.79 Å². The summed E-state index contributed by atoms with van der Waals surface area (Å²) in [6.07, 6.45) is 0. The second kappa shape index (κ2) is 7.36. The normalized spacial score (nSPS) is 10.3. The van der Waals surface area contributed by atoms with Crippen LogP contribution in [0.5, 0.6) is 0 Å². The van der Waals surface area contributed by atoms with Crippen molar-refractivity contribution in [3.63, 3.8) is 0 Å². The maximum atomic E-state index is 11.8. The molecule has 0 unspecified atom stereocenters. The van der Waals surface area contributed by atoms with Crippen molar-refractivity contribution in [2.75, 3.05) is 11.1 Å². The van der Waals surface area contributed by atoms with Crippen molar-refractivity contribution in [3.05, 3.63) is 64.7 Å². The minimum atomic E-state index is 0.00461. The highest BCUT2D eigenvalue weighted by Gasteiger charge is 2.03. The van der Waals surface area contributed by atoms with Crippen LogP contribution < -0.4 is 5.32 Å². The molecule has 20 heavy (non-hydrogen) atoms. The predicted molar refractivity (Wildman–Crippen MR) is 87.4 cm³/mol. The zero-order chi connectivity index (χ0) is 14.4. The Labute approximate surface area is 128 Å². The molecule has 0 atom stereocenters. The number of nitrogens with one attached hydrogen (secondary N) is 1. The van der Waals surface area contributed by atoms with Crippen LogP contribution in [-0.2, 0) is 10.5 Å². The van der Waals surface area contributed by atoms with E-state index in [9.17, 15) is 4.79 Å². The van der Waals surface area contributed by atoms with Crippen LogP contribution in [-0.4, -0.2) is 11.7 Å². The molecule has 2 aromatic carbocycles. The summed E-state index contributed by atoms with van der Waals surface area (Å²) in [7, 11) is 0. The van der Waals surface area contributed by atoms with E-state index in [4.69, 9.17) is 11.6 Å². The Bertz CT molecular complexity index is 583. The van der Waals surface area contributed by atoms with E-state index in [2.05, 4.69) is 30.4 Å². The first-order valence-electron chi connectivity index (χ1n) is 6.32. The molecular weight excluding hydrogens is 290 g/mol. The van der Waals surface area contributed by atoms with Gasteiger partial charge < -0.3 is 5.32 Å². The number of amides is 1. The molecule has 1 amide bonds. The largest absolute Gasteiger partial charge is 0.325 e. The molecule has 4 heteroatoms. The van der Waals surface area contributed by atoms with Gasteiger partial charge in [0.15, 0.2) is 0 Å². The fraction of sp³-hybridized carbons (Fsp3) is 0.188. The number of carbonyl (C=O) groups is 1. The van der Waals surface area contributed by atoms with Gasteiger partial charge in [0.05, 0.1) is 5.75 Å². The highest BCUT2D eigenvalue weighted by atomic mass is 35.5. The van der Waals surface area contributed by atoms with Crippen LogP contribution in [0.1, 0.15) is 11.1 Å². The smallest absolute Gasteiger partial charge is 0.234 e. The van der Waals surface area contributed by atoms with Crippen LogP contribution in [0.15, 0.2) is 48.5 Å². The first-order valence-corrected chi connectivity index (χ1v) is 7.85. The number of benzene rings is 2. The zero-order valence-electron chi connectivity index (χ0n) is 11.2. The van der Waals surface area contributed by atoms with E-state index in [0.717, 1.165) is 11.4 Å². The lowest BCUT2D eigenvalue weighted by atomic mass is 10.2. The van der Waals surface area contributed by atoms with Crippen LogP contribution in [0.4, 0.5) is 5.69 Å². The second-order valence-electron chi connectivity index (χ2n) is 4.54. The molecule has 0 saturated heterocycles. The fourth-order valence-corrected chi connectivity index (χ4v) is 2.69. The van der Waals surface area contributed by atoms with Crippen molar-refractivity contribution < 1.29 is 4.79 Å². The van der Waals surface area contributed by atoms with Gasteiger partial charge in [0.25, 0.3) is 0 Å². The molecule has 0 aliphatic heterocycles. The molecule has 2 aromatic rings. The molecule has 0 aliphatic carbocycles. The van der Waals surface area contributed by atoms with Gasteiger partial charge in [0.1, 0.15) is 0 Å². The van der Waals surface area contributed by atoms with E-state index in [1.807, 2.05) is 6.07 Å². The van der Waals surface area contributed by atoms with E-state index in [1.54, 1.807) is 36.0 Å². The van der Waals surface area contributed by atoms with Crippen molar-refractivity contribution in [1.82, 2.24) is 0 Å². The molecule has 0 saturated carbocycles. The maximum absolute atomic E-state index is 11.8. The summed E-state index contributed by atoms with van der Waals surface area (Å²) in [6, 6.07) is 15.5. The third kappa shape index (κ3) is 4.91. The Morgan fingerprint density at radius 3 is 2.65 bits per heavy atom. The van der Waals surface area contributed by atoms with Gasteiger partial charge in [0.2, 0.25) is 5.91 Å². The van der Waals surface area contributed by atoms with Crippen molar-refractivity contribution in [3.8, 4) is 0 Å². The summed E-state index contributed by atoms with van der Waals surface area (Å²) in [5.74, 6) is 1.29. The van der Waals surface area contributed by atoms with Crippen LogP contribution in [0, 0.1) is 6.92 Å². The van der Waals surface area contributed by atoms with E-state index >= 15 is 0 Å². The number of hydrogen-bond acceptors (Lipinski definition) is 2. The number of halogens is 1. The lowest BCUT2D eigenvalue weighted by Gasteiger charge is -2.06. The van der Waals surface area contributed by atoms with Crippen molar-refractivity contribution in [2.24, 2.45) is 0 Å². The number of aryl methyl sites for hydroxylation is 1. The van der Waals surface area contributed by atoms with Crippen molar-refractivity contribution in [2.45, 2.75) is 12.7 Å². The summed E-state index contributed by atoms with van der Waals surface area (Å²) in [4.78, 5) is 11.8. The molecule has 0 heterocycles. The number of anilines is 1. The van der Waals surface area contributed by atoms with Gasteiger partial charge in [-0.25, -0.2) is 0 Å². The van der Waals surface area contributed by atoms with Crippen molar-refractivity contribution >= 4 is 35.0 Å². The summed E-state index contributed by atoms with van der Waals surface area (Å²) < 4.78 is 0. The Balaban J connectivity index is 1.76. The van der Waals surface area contributed by atoms with Gasteiger partial charge in [-0.05, 0) is 36.8 Å². The molecule has 0 aromatic heterocycles. The second-order valence-corrected chi connectivity index (χ2v) is 5.96. The van der Waals surface area contributed by atoms with Gasteiger partial charge >= 0.3 is 0 Å². The SMILES string of the molecule is Cc1cccc(CSCC(=O)Nc2ccc(Cl)cc2)c1. The molecular formula is C16H16ClNOS. The third-order valence-electron chi connectivity index (χ3n) is 2.71. The highest BCUT2D eigenvalue weighted by molar-refractivity contribution is 7.99. The molecule has 0 bridgehead atoms.